The van der Waals surface area contributed by atoms with Crippen molar-refractivity contribution in [2.45, 2.75) is 57.3 Å². The molecule has 0 bridgehead atoms. The van der Waals surface area contributed by atoms with E-state index in [1.807, 2.05) is 30.3 Å². The van der Waals surface area contributed by atoms with Gasteiger partial charge in [-0.1, -0.05) is 63.3 Å². The summed E-state index contributed by atoms with van der Waals surface area (Å²) >= 11 is 0. The van der Waals surface area contributed by atoms with E-state index >= 15 is 0 Å². The lowest BCUT2D eigenvalue weighted by Crippen LogP contribution is -2.57. The first-order chi connectivity index (χ1) is 12.1. The molecule has 1 aromatic carbocycles. The van der Waals surface area contributed by atoms with Crippen LogP contribution in [0, 0.1) is 0 Å². The fourth-order valence-corrected chi connectivity index (χ4v) is 4.16. The normalized spacial score (nSPS) is 24.0. The standard InChI is InChI=1S/C21H31NO3Si/c1-8-15-21(25-26(6,7)20(3,4)5)22(16-9-2)19(23)18(24-21)17-13-11-10-12-14-17/h8-14,18H,1-2,15-16H2,3-7H3/t18-,21?/m0/s1. The van der Waals surface area contributed by atoms with Crippen LogP contribution in [0.5, 0.6) is 0 Å². The van der Waals surface area contributed by atoms with Crippen LogP contribution in [0.1, 0.15) is 38.9 Å². The Morgan fingerprint density at radius 3 is 2.35 bits per heavy atom. The molecule has 0 aromatic heterocycles. The summed E-state index contributed by atoms with van der Waals surface area (Å²) in [5.41, 5.74) is 0.830. The Morgan fingerprint density at radius 2 is 1.85 bits per heavy atom. The number of ether oxygens (including phenoxy) is 1. The summed E-state index contributed by atoms with van der Waals surface area (Å²) in [6, 6.07) is 9.56. The Kier molecular flexibility index (Phi) is 5.95. The number of carbonyl (C=O) groups excluding carboxylic acids is 1. The first-order valence-electron chi connectivity index (χ1n) is 9.04. The number of amides is 1. The third-order valence-corrected chi connectivity index (χ3v) is 9.68. The minimum absolute atomic E-state index is 0.0156. The highest BCUT2D eigenvalue weighted by Gasteiger charge is 2.56. The van der Waals surface area contributed by atoms with E-state index < -0.39 is 20.3 Å². The minimum atomic E-state index is -2.21. The lowest BCUT2D eigenvalue weighted by molar-refractivity contribution is -0.240. The molecule has 0 aliphatic carbocycles. The molecule has 1 aliphatic rings. The maximum absolute atomic E-state index is 13.2. The number of hydrogen-bond acceptors (Lipinski definition) is 3. The summed E-state index contributed by atoms with van der Waals surface area (Å²) < 4.78 is 13.0. The highest BCUT2D eigenvalue weighted by atomic mass is 28.4. The van der Waals surface area contributed by atoms with Gasteiger partial charge in [0.2, 0.25) is 5.91 Å². The van der Waals surface area contributed by atoms with Crippen LogP contribution in [0.4, 0.5) is 0 Å². The maximum atomic E-state index is 13.2. The van der Waals surface area contributed by atoms with Gasteiger partial charge < -0.3 is 9.16 Å². The predicted octanol–water partition coefficient (Wildman–Crippen LogP) is 5.02. The molecule has 1 unspecified atom stereocenters. The summed E-state index contributed by atoms with van der Waals surface area (Å²) in [6.45, 7) is 18.9. The molecule has 4 nitrogen and oxygen atoms in total. The van der Waals surface area contributed by atoms with Crippen molar-refractivity contribution in [3.63, 3.8) is 0 Å². The number of nitrogens with zero attached hydrogens (tertiary/aromatic N) is 1. The summed E-state index contributed by atoms with van der Waals surface area (Å²) in [5, 5.41) is -0.0156. The number of benzene rings is 1. The monoisotopic (exact) mass is 373 g/mol. The molecule has 1 fully saturated rings. The van der Waals surface area contributed by atoms with Gasteiger partial charge >= 0.3 is 0 Å². The molecule has 1 aromatic rings. The second-order valence-corrected chi connectivity index (χ2v) is 12.9. The average molecular weight is 374 g/mol. The van der Waals surface area contributed by atoms with Crippen molar-refractivity contribution in [1.82, 2.24) is 4.90 Å². The SMILES string of the molecule is C=CCN1C(=O)[C@H](c2ccccc2)OC1(CC=C)O[Si](C)(C)C(C)(C)C. The topological polar surface area (TPSA) is 38.8 Å². The van der Waals surface area contributed by atoms with Gasteiger partial charge in [0.15, 0.2) is 14.4 Å². The van der Waals surface area contributed by atoms with Gasteiger partial charge in [0.05, 0.1) is 0 Å². The van der Waals surface area contributed by atoms with Gasteiger partial charge in [0.25, 0.3) is 5.91 Å². The molecule has 1 saturated heterocycles. The summed E-state index contributed by atoms with van der Waals surface area (Å²) in [6.07, 6.45) is 3.19. The third kappa shape index (κ3) is 3.85. The van der Waals surface area contributed by atoms with E-state index in [2.05, 4.69) is 47.0 Å². The quantitative estimate of drug-likeness (QED) is 0.497. The highest BCUT2D eigenvalue weighted by molar-refractivity contribution is 6.74. The van der Waals surface area contributed by atoms with Crippen molar-refractivity contribution < 1.29 is 14.0 Å². The Balaban J connectivity index is 2.49. The zero-order valence-electron chi connectivity index (χ0n) is 16.6. The molecule has 0 N–H and O–H groups in total. The first kappa shape index (κ1) is 20.6. The van der Waals surface area contributed by atoms with Gasteiger partial charge in [0.1, 0.15) is 0 Å². The van der Waals surface area contributed by atoms with Crippen LogP contribution in [0.15, 0.2) is 55.6 Å². The second-order valence-electron chi connectivity index (χ2n) is 8.21. The lowest BCUT2D eigenvalue weighted by atomic mass is 10.1. The molecule has 0 radical (unpaired) electrons. The van der Waals surface area contributed by atoms with E-state index in [0.29, 0.717) is 13.0 Å². The third-order valence-electron chi connectivity index (χ3n) is 5.24. The van der Waals surface area contributed by atoms with Crippen molar-refractivity contribution in [3.8, 4) is 0 Å². The van der Waals surface area contributed by atoms with E-state index in [0.717, 1.165) is 5.56 Å². The molecule has 142 valence electrons. The van der Waals surface area contributed by atoms with Gasteiger partial charge in [-0.05, 0) is 23.7 Å². The zero-order chi connectivity index (χ0) is 19.6. The molecule has 1 amide bonds. The molecule has 26 heavy (non-hydrogen) atoms. The van der Waals surface area contributed by atoms with Crippen molar-refractivity contribution in [1.29, 1.82) is 0 Å². The minimum Gasteiger partial charge on any atom is -0.374 e. The fraction of sp³-hybridized carbons (Fsp3) is 0.476. The van der Waals surface area contributed by atoms with Gasteiger partial charge in [-0.25, -0.2) is 0 Å². The van der Waals surface area contributed by atoms with Crippen molar-refractivity contribution >= 4 is 14.2 Å². The molecule has 0 saturated carbocycles. The number of carbonyl (C=O) groups is 1. The van der Waals surface area contributed by atoms with Crippen LogP contribution in [0.25, 0.3) is 0 Å². The average Bonchev–Trinajstić information content (AvgIpc) is 2.81. The fourth-order valence-electron chi connectivity index (χ4n) is 2.82. The Bertz CT molecular complexity index is 666. The van der Waals surface area contributed by atoms with Gasteiger partial charge in [-0.3, -0.25) is 9.69 Å². The Labute approximate surface area is 158 Å². The van der Waals surface area contributed by atoms with Crippen LogP contribution in [0.3, 0.4) is 0 Å². The van der Waals surface area contributed by atoms with Crippen LogP contribution in [-0.2, 0) is 14.0 Å². The lowest BCUT2D eigenvalue weighted by Gasteiger charge is -2.45. The molecular weight excluding hydrogens is 342 g/mol. The van der Waals surface area contributed by atoms with E-state index in [1.165, 1.54) is 0 Å². The molecule has 0 spiro atoms. The second kappa shape index (κ2) is 7.51. The molecule has 5 heteroatoms. The zero-order valence-corrected chi connectivity index (χ0v) is 17.6. The van der Waals surface area contributed by atoms with Crippen molar-refractivity contribution in [2.75, 3.05) is 6.54 Å². The van der Waals surface area contributed by atoms with E-state index in [1.54, 1.807) is 17.1 Å². The van der Waals surface area contributed by atoms with Crippen molar-refractivity contribution in [3.05, 3.63) is 61.2 Å². The van der Waals surface area contributed by atoms with E-state index in [4.69, 9.17) is 9.16 Å². The van der Waals surface area contributed by atoms with Gasteiger partial charge in [0, 0.05) is 13.0 Å². The van der Waals surface area contributed by atoms with Crippen LogP contribution in [0.2, 0.25) is 18.1 Å². The Hall–Kier alpha value is -1.69. The first-order valence-corrected chi connectivity index (χ1v) is 11.9. The van der Waals surface area contributed by atoms with Crippen molar-refractivity contribution in [2.24, 2.45) is 0 Å². The molecule has 2 rings (SSSR count). The van der Waals surface area contributed by atoms with E-state index in [9.17, 15) is 4.79 Å². The van der Waals surface area contributed by atoms with Gasteiger partial charge in [-0.15, -0.1) is 13.2 Å². The van der Waals surface area contributed by atoms with Gasteiger partial charge in [-0.2, -0.15) is 0 Å². The van der Waals surface area contributed by atoms with Crippen LogP contribution < -0.4 is 0 Å². The highest BCUT2D eigenvalue weighted by Crippen LogP contribution is 2.46. The smallest absolute Gasteiger partial charge is 0.260 e. The predicted molar refractivity (Wildman–Crippen MR) is 108 cm³/mol. The van der Waals surface area contributed by atoms with E-state index in [-0.39, 0.29) is 10.9 Å². The Morgan fingerprint density at radius 1 is 1.23 bits per heavy atom. The maximum Gasteiger partial charge on any atom is 0.260 e. The van der Waals surface area contributed by atoms with Crippen LogP contribution in [-0.4, -0.2) is 31.6 Å². The number of rotatable bonds is 7. The molecule has 1 aliphatic heterocycles. The molecular formula is C21H31NO3Si. The van der Waals surface area contributed by atoms with Crippen LogP contribution >= 0.6 is 0 Å². The summed E-state index contributed by atoms with van der Waals surface area (Å²) in [4.78, 5) is 14.8. The largest absolute Gasteiger partial charge is 0.374 e. The summed E-state index contributed by atoms with van der Waals surface area (Å²) in [5.74, 6) is -1.24. The molecule has 1 heterocycles. The summed E-state index contributed by atoms with van der Waals surface area (Å²) in [7, 11) is -2.21. The number of hydrogen-bond donors (Lipinski definition) is 0. The molecule has 2 atom stereocenters.